The van der Waals surface area contributed by atoms with Gasteiger partial charge < -0.3 is 10.1 Å². The molecule has 0 radical (unpaired) electrons. The highest BCUT2D eigenvalue weighted by Crippen LogP contribution is 2.40. The van der Waals surface area contributed by atoms with Crippen LogP contribution in [0.2, 0.25) is 5.02 Å². The van der Waals surface area contributed by atoms with Crippen molar-refractivity contribution in [3.8, 4) is 0 Å². The van der Waals surface area contributed by atoms with Crippen LogP contribution < -0.4 is 5.32 Å². The zero-order valence-electron chi connectivity index (χ0n) is 13.2. The van der Waals surface area contributed by atoms with Gasteiger partial charge >= 0.3 is 0 Å². The maximum Gasteiger partial charge on any atom is 0.242 e. The van der Waals surface area contributed by atoms with Crippen LogP contribution in [-0.4, -0.2) is 43.2 Å². The topological polar surface area (TPSA) is 41.6 Å². The smallest absolute Gasteiger partial charge is 0.242 e. The van der Waals surface area contributed by atoms with Gasteiger partial charge in [-0.25, -0.2) is 0 Å². The molecule has 1 amide bonds. The first-order chi connectivity index (χ1) is 11.7. The zero-order valence-corrected chi connectivity index (χ0v) is 14.0. The van der Waals surface area contributed by atoms with Gasteiger partial charge in [-0.1, -0.05) is 41.9 Å². The summed E-state index contributed by atoms with van der Waals surface area (Å²) < 4.78 is 5.46. The van der Waals surface area contributed by atoms with Gasteiger partial charge in [0.05, 0.1) is 13.2 Å². The lowest BCUT2D eigenvalue weighted by Gasteiger charge is -2.41. The molecule has 0 spiro atoms. The van der Waals surface area contributed by atoms with Gasteiger partial charge in [-0.15, -0.1) is 0 Å². The Labute approximate surface area is 146 Å². The Hall–Kier alpha value is -1.88. The molecule has 2 heterocycles. The summed E-state index contributed by atoms with van der Waals surface area (Å²) in [5, 5.41) is 3.74. The summed E-state index contributed by atoms with van der Waals surface area (Å²) in [4.78, 5) is 15.1. The fourth-order valence-electron chi connectivity index (χ4n) is 3.69. The van der Waals surface area contributed by atoms with E-state index in [-0.39, 0.29) is 17.9 Å². The number of anilines is 1. The number of carbonyl (C=O) groups excluding carboxylic acids is 1. The average molecular weight is 343 g/mol. The van der Waals surface area contributed by atoms with E-state index in [2.05, 4.69) is 22.3 Å². The second-order valence-electron chi connectivity index (χ2n) is 6.20. The van der Waals surface area contributed by atoms with Gasteiger partial charge in [0.15, 0.2) is 0 Å². The third-order valence-corrected chi connectivity index (χ3v) is 5.02. The number of benzene rings is 2. The molecule has 0 aromatic heterocycles. The van der Waals surface area contributed by atoms with E-state index in [4.69, 9.17) is 16.3 Å². The molecular formula is C19H19ClN2O2. The van der Waals surface area contributed by atoms with Crippen molar-refractivity contribution in [3.05, 3.63) is 64.7 Å². The predicted octanol–water partition coefficient (Wildman–Crippen LogP) is 3.12. The van der Waals surface area contributed by atoms with Gasteiger partial charge in [0.2, 0.25) is 5.91 Å². The number of ether oxygens (including phenoxy) is 1. The molecule has 2 unspecified atom stereocenters. The fourth-order valence-corrected chi connectivity index (χ4v) is 3.87. The summed E-state index contributed by atoms with van der Waals surface area (Å²) in [7, 11) is 0. The lowest BCUT2D eigenvalue weighted by atomic mass is 9.80. The first kappa shape index (κ1) is 15.6. The number of nitrogens with zero attached hydrogens (tertiary/aromatic N) is 1. The molecule has 124 valence electrons. The molecule has 2 aromatic rings. The van der Waals surface area contributed by atoms with Crippen LogP contribution in [0.5, 0.6) is 0 Å². The van der Waals surface area contributed by atoms with Crippen molar-refractivity contribution in [3.63, 3.8) is 0 Å². The molecule has 4 rings (SSSR count). The average Bonchev–Trinajstić information content (AvgIpc) is 2.62. The molecule has 0 bridgehead atoms. The van der Waals surface area contributed by atoms with Crippen LogP contribution in [0, 0.1) is 0 Å². The Morgan fingerprint density at radius 1 is 1.08 bits per heavy atom. The van der Waals surface area contributed by atoms with Crippen LogP contribution in [0.3, 0.4) is 0 Å². The van der Waals surface area contributed by atoms with Crippen LogP contribution >= 0.6 is 11.6 Å². The summed E-state index contributed by atoms with van der Waals surface area (Å²) >= 11 is 6.25. The Balaban J connectivity index is 1.83. The minimum Gasteiger partial charge on any atom is -0.379 e. The number of hydrogen-bond acceptors (Lipinski definition) is 3. The number of hydrogen-bond donors (Lipinski definition) is 1. The van der Waals surface area contributed by atoms with Crippen molar-refractivity contribution < 1.29 is 9.53 Å². The summed E-state index contributed by atoms with van der Waals surface area (Å²) in [5.41, 5.74) is 3.06. The lowest BCUT2D eigenvalue weighted by molar-refractivity contribution is -0.124. The van der Waals surface area contributed by atoms with Crippen LogP contribution in [0.1, 0.15) is 17.0 Å². The molecule has 2 aromatic carbocycles. The Bertz CT molecular complexity index is 744. The molecule has 4 nitrogen and oxygen atoms in total. The van der Waals surface area contributed by atoms with Gasteiger partial charge in [-0.3, -0.25) is 9.69 Å². The van der Waals surface area contributed by atoms with Crippen LogP contribution in [0.4, 0.5) is 5.69 Å². The highest BCUT2D eigenvalue weighted by atomic mass is 35.5. The van der Waals surface area contributed by atoms with E-state index in [1.807, 2.05) is 36.4 Å². The zero-order chi connectivity index (χ0) is 16.5. The number of fused-ring (bicyclic) bond motifs is 1. The largest absolute Gasteiger partial charge is 0.379 e. The first-order valence-corrected chi connectivity index (χ1v) is 8.59. The van der Waals surface area contributed by atoms with Crippen LogP contribution in [0.15, 0.2) is 48.5 Å². The minimum absolute atomic E-state index is 0.0354. The van der Waals surface area contributed by atoms with E-state index >= 15 is 0 Å². The van der Waals surface area contributed by atoms with E-state index in [1.165, 1.54) is 0 Å². The summed E-state index contributed by atoms with van der Waals surface area (Å²) in [6, 6.07) is 15.6. The number of nitrogens with one attached hydrogen (secondary N) is 1. The highest BCUT2D eigenvalue weighted by Gasteiger charge is 2.41. The molecular weight excluding hydrogens is 324 g/mol. The van der Waals surface area contributed by atoms with Crippen molar-refractivity contribution in [2.45, 2.75) is 12.0 Å². The fraction of sp³-hybridized carbons (Fsp3) is 0.316. The normalized spacial score (nSPS) is 24.3. The molecule has 1 saturated heterocycles. The second kappa shape index (κ2) is 6.55. The maximum atomic E-state index is 12.9. The molecule has 2 aliphatic rings. The summed E-state index contributed by atoms with van der Waals surface area (Å²) in [6.07, 6.45) is 0. The molecule has 0 saturated carbocycles. The Morgan fingerprint density at radius 3 is 2.58 bits per heavy atom. The van der Waals surface area contributed by atoms with Crippen molar-refractivity contribution >= 4 is 23.2 Å². The maximum absolute atomic E-state index is 12.9. The van der Waals surface area contributed by atoms with E-state index in [0.29, 0.717) is 18.2 Å². The molecule has 5 heteroatoms. The van der Waals surface area contributed by atoms with Crippen molar-refractivity contribution in [2.75, 3.05) is 31.6 Å². The molecule has 2 atom stereocenters. The molecule has 0 aliphatic carbocycles. The molecule has 24 heavy (non-hydrogen) atoms. The first-order valence-electron chi connectivity index (χ1n) is 8.21. The number of halogens is 1. The van der Waals surface area contributed by atoms with Gasteiger partial charge in [0, 0.05) is 29.7 Å². The van der Waals surface area contributed by atoms with Crippen molar-refractivity contribution in [1.82, 2.24) is 4.90 Å². The standard InChI is InChI=1S/C19H19ClN2O2/c20-14-6-7-16-15(12-14)17(13-4-2-1-3-5-13)18(19(23)21-16)22-8-10-24-11-9-22/h1-7,12,17-18H,8-11H2,(H,21,23). The van der Waals surface area contributed by atoms with Crippen LogP contribution in [0.25, 0.3) is 0 Å². The van der Waals surface area contributed by atoms with E-state index in [9.17, 15) is 4.79 Å². The van der Waals surface area contributed by atoms with Gasteiger partial charge in [-0.05, 0) is 29.3 Å². The van der Waals surface area contributed by atoms with Crippen LogP contribution in [-0.2, 0) is 9.53 Å². The van der Waals surface area contributed by atoms with Gasteiger partial charge in [0.1, 0.15) is 6.04 Å². The number of amides is 1. The van der Waals surface area contributed by atoms with E-state index in [1.54, 1.807) is 0 Å². The Kier molecular flexibility index (Phi) is 4.27. The number of rotatable bonds is 2. The van der Waals surface area contributed by atoms with Gasteiger partial charge in [0.25, 0.3) is 0 Å². The van der Waals surface area contributed by atoms with Gasteiger partial charge in [-0.2, -0.15) is 0 Å². The summed E-state index contributed by atoms with van der Waals surface area (Å²) in [6.45, 7) is 2.84. The van der Waals surface area contributed by atoms with Crippen molar-refractivity contribution in [2.24, 2.45) is 0 Å². The number of carbonyl (C=O) groups is 1. The summed E-state index contributed by atoms with van der Waals surface area (Å²) in [5.74, 6) is 0.00678. The third-order valence-electron chi connectivity index (χ3n) is 4.79. The number of morpholine rings is 1. The van der Waals surface area contributed by atoms with Crippen molar-refractivity contribution in [1.29, 1.82) is 0 Å². The highest BCUT2D eigenvalue weighted by molar-refractivity contribution is 6.30. The minimum atomic E-state index is -0.248. The Morgan fingerprint density at radius 2 is 1.83 bits per heavy atom. The second-order valence-corrected chi connectivity index (χ2v) is 6.64. The molecule has 1 N–H and O–H groups in total. The lowest BCUT2D eigenvalue weighted by Crippen LogP contribution is -2.54. The van der Waals surface area contributed by atoms with E-state index in [0.717, 1.165) is 29.9 Å². The quantitative estimate of drug-likeness (QED) is 0.911. The molecule has 1 fully saturated rings. The predicted molar refractivity (Wildman–Crippen MR) is 94.5 cm³/mol. The molecule has 2 aliphatic heterocycles. The monoisotopic (exact) mass is 342 g/mol. The third kappa shape index (κ3) is 2.81. The van der Waals surface area contributed by atoms with E-state index < -0.39 is 0 Å². The SMILES string of the molecule is O=C1Nc2ccc(Cl)cc2C(c2ccccc2)C1N1CCOCC1.